The Morgan fingerprint density at radius 1 is 1.24 bits per heavy atom. The van der Waals surface area contributed by atoms with Crippen molar-refractivity contribution in [1.82, 2.24) is 5.32 Å². The van der Waals surface area contributed by atoms with Gasteiger partial charge in [0, 0.05) is 18.8 Å². The largest absolute Gasteiger partial charge is 0.310 e. The second-order valence-electron chi connectivity index (χ2n) is 7.43. The quantitative estimate of drug-likeness (QED) is 0.909. The zero-order chi connectivity index (χ0) is 15.7. The van der Waals surface area contributed by atoms with Crippen molar-refractivity contribution in [2.24, 2.45) is 11.3 Å². The van der Waals surface area contributed by atoms with Crippen LogP contribution in [0.2, 0.25) is 0 Å². The van der Waals surface area contributed by atoms with Crippen LogP contribution >= 0.6 is 0 Å². The molecule has 118 valence electrons. The van der Waals surface area contributed by atoms with Crippen LogP contribution in [0.1, 0.15) is 44.7 Å². The highest BCUT2D eigenvalue weighted by Crippen LogP contribution is 2.40. The molecule has 0 amide bonds. The number of hydrogen-bond donors (Lipinski definition) is 1. The minimum Gasteiger partial charge on any atom is -0.310 e. The Hall–Kier alpha value is -0.870. The third kappa shape index (κ3) is 5.11. The van der Waals surface area contributed by atoms with E-state index in [2.05, 4.69) is 32.2 Å². The number of nitrogens with one attached hydrogen (secondary N) is 1. The molecule has 1 aliphatic rings. The van der Waals surface area contributed by atoms with E-state index in [1.165, 1.54) is 19.1 Å². The van der Waals surface area contributed by atoms with Crippen molar-refractivity contribution in [3.8, 4) is 0 Å². The second kappa shape index (κ2) is 6.09. The van der Waals surface area contributed by atoms with Crippen LogP contribution in [0.15, 0.2) is 24.3 Å². The molecule has 3 nitrogen and oxygen atoms in total. The third-order valence-corrected chi connectivity index (χ3v) is 5.18. The lowest BCUT2D eigenvalue weighted by atomic mass is 9.91. The Bertz CT molecular complexity index is 593. The summed E-state index contributed by atoms with van der Waals surface area (Å²) < 4.78 is 22.8. The van der Waals surface area contributed by atoms with E-state index >= 15 is 0 Å². The van der Waals surface area contributed by atoms with Crippen molar-refractivity contribution < 1.29 is 8.42 Å². The molecule has 1 saturated carbocycles. The summed E-state index contributed by atoms with van der Waals surface area (Å²) in [7, 11) is -2.97. The Balaban J connectivity index is 1.96. The van der Waals surface area contributed by atoms with Crippen LogP contribution in [0.5, 0.6) is 0 Å². The molecule has 0 saturated heterocycles. The number of rotatable bonds is 5. The Labute approximate surface area is 129 Å². The summed E-state index contributed by atoms with van der Waals surface area (Å²) in [6, 6.07) is 8.44. The van der Waals surface area contributed by atoms with Gasteiger partial charge in [-0.3, -0.25) is 0 Å². The molecule has 2 atom stereocenters. The molecule has 21 heavy (non-hydrogen) atoms. The van der Waals surface area contributed by atoms with Gasteiger partial charge in [0.25, 0.3) is 0 Å². The van der Waals surface area contributed by atoms with E-state index in [4.69, 9.17) is 0 Å². The zero-order valence-corrected chi connectivity index (χ0v) is 14.3. The normalized spacial score (nSPS) is 25.1. The predicted octanol–water partition coefficient (Wildman–Crippen LogP) is 3.15. The van der Waals surface area contributed by atoms with Crippen LogP contribution in [-0.2, 0) is 22.1 Å². The standard InChI is InChI=1S/C17H27NO2S/c1-13-9-17(2,3)10-16(13)18-11-14-6-5-7-15(8-14)12-21(4,19)20/h5-8,13,16,18H,9-12H2,1-4H3. The molecule has 0 bridgehead atoms. The smallest absolute Gasteiger partial charge is 0.151 e. The molecular formula is C17H27NO2S. The van der Waals surface area contributed by atoms with E-state index in [0.717, 1.165) is 17.7 Å². The average molecular weight is 309 g/mol. The highest BCUT2D eigenvalue weighted by Gasteiger charge is 2.36. The summed E-state index contributed by atoms with van der Waals surface area (Å²) in [5.41, 5.74) is 2.46. The van der Waals surface area contributed by atoms with E-state index in [0.29, 0.717) is 17.4 Å². The molecule has 1 aliphatic carbocycles. The van der Waals surface area contributed by atoms with Gasteiger partial charge in [-0.05, 0) is 35.3 Å². The molecule has 0 heterocycles. The van der Waals surface area contributed by atoms with Gasteiger partial charge in [0.05, 0.1) is 5.75 Å². The fourth-order valence-electron chi connectivity index (χ4n) is 3.55. The highest BCUT2D eigenvalue weighted by atomic mass is 32.2. The van der Waals surface area contributed by atoms with E-state index in [9.17, 15) is 8.42 Å². The van der Waals surface area contributed by atoms with E-state index in [1.807, 2.05) is 18.2 Å². The van der Waals surface area contributed by atoms with Crippen molar-refractivity contribution >= 4 is 9.84 Å². The van der Waals surface area contributed by atoms with Crippen LogP contribution < -0.4 is 5.32 Å². The second-order valence-corrected chi connectivity index (χ2v) is 9.57. The number of benzene rings is 1. The molecule has 1 aromatic rings. The van der Waals surface area contributed by atoms with Gasteiger partial charge in [0.15, 0.2) is 9.84 Å². The maximum Gasteiger partial charge on any atom is 0.151 e. The van der Waals surface area contributed by atoms with Gasteiger partial charge in [-0.15, -0.1) is 0 Å². The molecule has 1 aromatic carbocycles. The van der Waals surface area contributed by atoms with Gasteiger partial charge in [0.2, 0.25) is 0 Å². The molecule has 1 fully saturated rings. The minimum absolute atomic E-state index is 0.119. The summed E-state index contributed by atoms with van der Waals surface area (Å²) in [5.74, 6) is 0.812. The molecular weight excluding hydrogens is 282 g/mol. The Kier molecular flexibility index (Phi) is 4.79. The van der Waals surface area contributed by atoms with Crippen molar-refractivity contribution in [3.63, 3.8) is 0 Å². The Morgan fingerprint density at radius 2 is 1.90 bits per heavy atom. The SMILES string of the molecule is CC1CC(C)(C)CC1NCc1cccc(CS(C)(=O)=O)c1. The van der Waals surface area contributed by atoms with Gasteiger partial charge in [-0.25, -0.2) is 8.42 Å². The van der Waals surface area contributed by atoms with Gasteiger partial charge >= 0.3 is 0 Å². The topological polar surface area (TPSA) is 46.2 Å². The summed E-state index contributed by atoms with van der Waals surface area (Å²) in [6.07, 6.45) is 3.75. The number of hydrogen-bond acceptors (Lipinski definition) is 3. The van der Waals surface area contributed by atoms with Gasteiger partial charge in [-0.1, -0.05) is 45.0 Å². The van der Waals surface area contributed by atoms with Crippen LogP contribution in [0.25, 0.3) is 0 Å². The summed E-state index contributed by atoms with van der Waals surface area (Å²) in [6.45, 7) is 7.78. The molecule has 0 radical (unpaired) electrons. The molecule has 4 heteroatoms. The maximum absolute atomic E-state index is 11.4. The molecule has 0 spiro atoms. The maximum atomic E-state index is 11.4. The van der Waals surface area contributed by atoms with Crippen molar-refractivity contribution in [2.75, 3.05) is 6.26 Å². The summed E-state index contributed by atoms with van der Waals surface area (Å²) in [4.78, 5) is 0. The van der Waals surface area contributed by atoms with Gasteiger partial charge < -0.3 is 5.32 Å². The monoisotopic (exact) mass is 309 g/mol. The highest BCUT2D eigenvalue weighted by molar-refractivity contribution is 7.89. The van der Waals surface area contributed by atoms with Crippen LogP contribution in [0.3, 0.4) is 0 Å². The summed E-state index contributed by atoms with van der Waals surface area (Å²) >= 11 is 0. The van der Waals surface area contributed by atoms with Crippen LogP contribution in [0, 0.1) is 11.3 Å². The first kappa shape index (κ1) is 16.5. The van der Waals surface area contributed by atoms with E-state index in [-0.39, 0.29) is 5.75 Å². The van der Waals surface area contributed by atoms with Crippen molar-refractivity contribution in [2.45, 2.75) is 52.0 Å². The minimum atomic E-state index is -2.97. The fraction of sp³-hybridized carbons (Fsp3) is 0.647. The van der Waals surface area contributed by atoms with Crippen LogP contribution in [0.4, 0.5) is 0 Å². The average Bonchev–Trinajstić information content (AvgIpc) is 2.58. The molecule has 0 aliphatic heterocycles. The lowest BCUT2D eigenvalue weighted by Crippen LogP contribution is -2.31. The lowest BCUT2D eigenvalue weighted by Gasteiger charge is -2.19. The third-order valence-electron chi connectivity index (χ3n) is 4.32. The predicted molar refractivity (Wildman–Crippen MR) is 87.8 cm³/mol. The van der Waals surface area contributed by atoms with Crippen molar-refractivity contribution in [3.05, 3.63) is 35.4 Å². The van der Waals surface area contributed by atoms with Gasteiger partial charge in [-0.2, -0.15) is 0 Å². The summed E-state index contributed by atoms with van der Waals surface area (Å²) in [5, 5.41) is 3.64. The Morgan fingerprint density at radius 3 is 2.48 bits per heavy atom. The molecule has 2 unspecified atom stereocenters. The molecule has 0 aromatic heterocycles. The first-order valence-electron chi connectivity index (χ1n) is 7.64. The fourth-order valence-corrected chi connectivity index (χ4v) is 4.33. The lowest BCUT2D eigenvalue weighted by molar-refractivity contribution is 0.362. The van der Waals surface area contributed by atoms with Crippen molar-refractivity contribution in [1.29, 1.82) is 0 Å². The molecule has 2 rings (SSSR count). The van der Waals surface area contributed by atoms with Crippen LogP contribution in [-0.4, -0.2) is 20.7 Å². The first-order chi connectivity index (χ1) is 9.65. The number of sulfone groups is 1. The van der Waals surface area contributed by atoms with E-state index < -0.39 is 9.84 Å². The first-order valence-corrected chi connectivity index (χ1v) is 9.70. The van der Waals surface area contributed by atoms with Gasteiger partial charge in [0.1, 0.15) is 0 Å². The molecule has 1 N–H and O–H groups in total. The zero-order valence-electron chi connectivity index (χ0n) is 13.5. The van der Waals surface area contributed by atoms with E-state index in [1.54, 1.807) is 0 Å².